The van der Waals surface area contributed by atoms with Gasteiger partial charge in [0.1, 0.15) is 23.6 Å². The van der Waals surface area contributed by atoms with Crippen LogP contribution in [0.5, 0.6) is 5.75 Å². The first-order valence-electron chi connectivity index (χ1n) is 10.8. The predicted octanol–water partition coefficient (Wildman–Crippen LogP) is 2.11. The molecule has 5 rings (SSSR count). The van der Waals surface area contributed by atoms with Gasteiger partial charge < -0.3 is 20.3 Å². The van der Waals surface area contributed by atoms with Crippen LogP contribution in [-0.2, 0) is 17.8 Å². The fraction of sp³-hybridized carbons (Fsp3) is 0.250. The van der Waals surface area contributed by atoms with Gasteiger partial charge in [0.05, 0.1) is 12.2 Å². The maximum absolute atomic E-state index is 13.4. The van der Waals surface area contributed by atoms with Crippen molar-refractivity contribution in [1.82, 2.24) is 14.7 Å². The Kier molecular flexibility index (Phi) is 5.49. The van der Waals surface area contributed by atoms with E-state index in [0.29, 0.717) is 41.7 Å². The van der Waals surface area contributed by atoms with Gasteiger partial charge in [-0.05, 0) is 30.2 Å². The largest absolute Gasteiger partial charge is 0.489 e. The molecular formula is C24H22ClN5O4. The van der Waals surface area contributed by atoms with Gasteiger partial charge in [-0.1, -0.05) is 41.9 Å². The van der Waals surface area contributed by atoms with Crippen LogP contribution in [0.25, 0.3) is 0 Å². The number of primary amides is 1. The quantitative estimate of drug-likeness (QED) is 0.616. The van der Waals surface area contributed by atoms with Gasteiger partial charge in [-0.2, -0.15) is 5.10 Å². The molecule has 34 heavy (non-hydrogen) atoms. The topological polar surface area (TPSA) is 111 Å². The summed E-state index contributed by atoms with van der Waals surface area (Å²) in [5, 5.41) is 4.92. The van der Waals surface area contributed by atoms with Crippen molar-refractivity contribution in [3.8, 4) is 5.75 Å². The number of hydrogen-bond donors (Lipinski definition) is 1. The number of fused-ring (bicyclic) bond motifs is 2. The lowest BCUT2D eigenvalue weighted by atomic mass is 10.0. The van der Waals surface area contributed by atoms with Crippen LogP contribution in [0.3, 0.4) is 0 Å². The van der Waals surface area contributed by atoms with Crippen molar-refractivity contribution in [2.24, 2.45) is 5.73 Å². The number of carbonyl (C=O) groups excluding carboxylic acids is 3. The molecule has 0 saturated heterocycles. The lowest BCUT2D eigenvalue weighted by Gasteiger charge is -2.33. The van der Waals surface area contributed by atoms with Gasteiger partial charge in [0.15, 0.2) is 5.69 Å². The van der Waals surface area contributed by atoms with E-state index >= 15 is 0 Å². The Balaban J connectivity index is 1.42. The van der Waals surface area contributed by atoms with Crippen molar-refractivity contribution in [2.45, 2.75) is 19.0 Å². The molecule has 0 spiro atoms. The summed E-state index contributed by atoms with van der Waals surface area (Å²) in [6, 6.07) is 13.5. The Morgan fingerprint density at radius 2 is 1.97 bits per heavy atom. The van der Waals surface area contributed by atoms with Crippen molar-refractivity contribution in [3.05, 3.63) is 76.1 Å². The molecule has 10 heteroatoms. The summed E-state index contributed by atoms with van der Waals surface area (Å²) in [6.07, 6.45) is 0.473. The van der Waals surface area contributed by atoms with Crippen LogP contribution in [0.1, 0.15) is 32.0 Å². The second kappa shape index (κ2) is 8.49. The van der Waals surface area contributed by atoms with Crippen molar-refractivity contribution in [2.75, 3.05) is 25.1 Å². The molecule has 2 aromatic carbocycles. The third-order valence-corrected chi connectivity index (χ3v) is 6.64. The van der Waals surface area contributed by atoms with Crippen LogP contribution < -0.4 is 15.4 Å². The molecule has 0 unspecified atom stereocenters. The summed E-state index contributed by atoms with van der Waals surface area (Å²) in [4.78, 5) is 41.2. The van der Waals surface area contributed by atoms with E-state index in [4.69, 9.17) is 22.1 Å². The molecule has 2 N–H and O–H groups in total. The maximum Gasteiger partial charge on any atom is 0.275 e. The van der Waals surface area contributed by atoms with Crippen molar-refractivity contribution >= 4 is 35.0 Å². The molecule has 3 aromatic rings. The zero-order valence-electron chi connectivity index (χ0n) is 18.4. The van der Waals surface area contributed by atoms with E-state index in [1.165, 1.54) is 15.9 Å². The minimum absolute atomic E-state index is 0.0222. The Hall–Kier alpha value is -3.85. The lowest BCUT2D eigenvalue weighted by Crippen LogP contribution is -2.54. The first-order valence-corrected chi connectivity index (χ1v) is 11.2. The highest BCUT2D eigenvalue weighted by Gasteiger charge is 2.41. The van der Waals surface area contributed by atoms with Gasteiger partial charge in [0.2, 0.25) is 5.91 Å². The molecule has 0 radical (unpaired) electrons. The van der Waals surface area contributed by atoms with Gasteiger partial charge >= 0.3 is 0 Å². The average Bonchev–Trinajstić information content (AvgIpc) is 3.09. The Morgan fingerprint density at radius 3 is 2.71 bits per heavy atom. The van der Waals surface area contributed by atoms with E-state index in [9.17, 15) is 14.4 Å². The molecule has 3 heterocycles. The van der Waals surface area contributed by atoms with E-state index < -0.39 is 11.9 Å². The number of amides is 3. The van der Waals surface area contributed by atoms with Gasteiger partial charge in [-0.3, -0.25) is 14.4 Å². The zero-order valence-corrected chi connectivity index (χ0v) is 19.2. The highest BCUT2D eigenvalue weighted by molar-refractivity contribution is 6.31. The van der Waals surface area contributed by atoms with E-state index in [0.717, 1.165) is 5.56 Å². The number of hydrogen-bond acceptors (Lipinski definition) is 5. The maximum atomic E-state index is 13.4. The molecule has 9 nitrogen and oxygen atoms in total. The molecule has 174 valence electrons. The standard InChI is InChI=1S/C24H22ClN5O4/c1-28-17-11-15(22(26)31)7-8-19(17)34-13-18(23(28)32)29-10-9-16-20(24(29)33)27-30(21(16)25)12-14-5-3-2-4-6-14/h2-8,11,18H,9-10,12-13H2,1H3,(H2,26,31)/t18-/m0/s1. The minimum atomic E-state index is -0.854. The van der Waals surface area contributed by atoms with E-state index in [1.807, 2.05) is 30.3 Å². The molecule has 3 amide bonds. The highest BCUT2D eigenvalue weighted by Crippen LogP contribution is 2.34. The van der Waals surface area contributed by atoms with E-state index in [-0.39, 0.29) is 29.7 Å². The molecule has 1 atom stereocenters. The monoisotopic (exact) mass is 479 g/mol. The van der Waals surface area contributed by atoms with Crippen LogP contribution in [-0.4, -0.2) is 58.6 Å². The van der Waals surface area contributed by atoms with Crippen molar-refractivity contribution < 1.29 is 19.1 Å². The Bertz CT molecular complexity index is 1310. The van der Waals surface area contributed by atoms with E-state index in [1.54, 1.807) is 23.9 Å². The first-order chi connectivity index (χ1) is 16.3. The minimum Gasteiger partial charge on any atom is -0.489 e. The zero-order chi connectivity index (χ0) is 24.0. The fourth-order valence-electron chi connectivity index (χ4n) is 4.36. The SMILES string of the molecule is CN1C(=O)[C@@H](N2CCc3c(nn(Cc4ccccc4)c3Cl)C2=O)COc2ccc(C(N)=O)cc21. The van der Waals surface area contributed by atoms with Crippen LogP contribution in [0.15, 0.2) is 48.5 Å². The summed E-state index contributed by atoms with van der Waals surface area (Å²) in [5.41, 5.74) is 8.01. The molecule has 0 fully saturated rings. The number of ether oxygens (including phenoxy) is 1. The summed E-state index contributed by atoms with van der Waals surface area (Å²) in [6.45, 7) is 0.719. The first kappa shape index (κ1) is 22.0. The number of carbonyl (C=O) groups is 3. The summed E-state index contributed by atoms with van der Waals surface area (Å²) >= 11 is 6.56. The number of halogens is 1. The highest BCUT2D eigenvalue weighted by atomic mass is 35.5. The third-order valence-electron chi connectivity index (χ3n) is 6.22. The Morgan fingerprint density at radius 1 is 1.21 bits per heavy atom. The number of benzene rings is 2. The molecule has 1 aromatic heterocycles. The molecule has 0 saturated carbocycles. The van der Waals surface area contributed by atoms with E-state index in [2.05, 4.69) is 5.10 Å². The normalized spacial score (nSPS) is 17.6. The van der Waals surface area contributed by atoms with Gasteiger partial charge in [0.25, 0.3) is 11.8 Å². The average molecular weight is 480 g/mol. The van der Waals surface area contributed by atoms with Crippen molar-refractivity contribution in [3.63, 3.8) is 0 Å². The van der Waals surface area contributed by atoms with Gasteiger partial charge in [-0.25, -0.2) is 4.68 Å². The number of likely N-dealkylation sites (N-methyl/N-ethyl adjacent to an activating group) is 1. The summed E-state index contributed by atoms with van der Waals surface area (Å²) in [7, 11) is 1.58. The smallest absolute Gasteiger partial charge is 0.275 e. The fourth-order valence-corrected chi connectivity index (χ4v) is 4.64. The van der Waals surface area contributed by atoms with Crippen LogP contribution in [0.2, 0.25) is 5.15 Å². The van der Waals surface area contributed by atoms with Crippen LogP contribution >= 0.6 is 11.6 Å². The summed E-state index contributed by atoms with van der Waals surface area (Å²) < 4.78 is 7.49. The second-order valence-electron chi connectivity index (χ2n) is 8.28. The second-order valence-corrected chi connectivity index (χ2v) is 8.64. The van der Waals surface area contributed by atoms with Gasteiger partial charge in [-0.15, -0.1) is 0 Å². The van der Waals surface area contributed by atoms with Crippen molar-refractivity contribution in [1.29, 1.82) is 0 Å². The number of nitrogens with zero attached hydrogens (tertiary/aromatic N) is 4. The van der Waals surface area contributed by atoms with Crippen LogP contribution in [0, 0.1) is 0 Å². The molecule has 0 bridgehead atoms. The lowest BCUT2D eigenvalue weighted by molar-refractivity contribution is -0.123. The van der Waals surface area contributed by atoms with Gasteiger partial charge in [0, 0.05) is 24.7 Å². The number of nitrogens with two attached hydrogens (primary N) is 1. The summed E-state index contributed by atoms with van der Waals surface area (Å²) in [5.74, 6) is -0.865. The number of anilines is 1. The third kappa shape index (κ3) is 3.67. The molecule has 2 aliphatic rings. The molecular weight excluding hydrogens is 458 g/mol. The number of rotatable bonds is 4. The Labute approximate surface area is 200 Å². The molecule has 0 aliphatic carbocycles. The molecule has 2 aliphatic heterocycles. The number of aromatic nitrogens is 2. The van der Waals surface area contributed by atoms with Crippen LogP contribution in [0.4, 0.5) is 5.69 Å². The predicted molar refractivity (Wildman–Crippen MR) is 125 cm³/mol.